The first-order valence-electron chi connectivity index (χ1n) is 10.0. The zero-order chi connectivity index (χ0) is 21.5. The van der Waals surface area contributed by atoms with Crippen LogP contribution in [0.15, 0.2) is 24.3 Å². The number of pyridine rings is 1. The molecular weight excluding hydrogens is 384 g/mol. The average molecular weight is 412 g/mol. The number of hydrogen-bond acceptors (Lipinski definition) is 7. The zero-order valence-corrected chi connectivity index (χ0v) is 17.6. The predicted octanol–water partition coefficient (Wildman–Crippen LogP) is 1.00. The fraction of sp³-hybridized carbons (Fsp3) is 0.450. The third kappa shape index (κ3) is 5.41. The molecule has 0 saturated carbocycles. The van der Waals surface area contributed by atoms with Gasteiger partial charge in [-0.2, -0.15) is 5.10 Å². The molecule has 3 rings (SSSR count). The van der Waals surface area contributed by atoms with Gasteiger partial charge >= 0.3 is 6.03 Å². The molecule has 3 heterocycles. The third-order valence-corrected chi connectivity index (χ3v) is 4.91. The van der Waals surface area contributed by atoms with Crippen LogP contribution < -0.4 is 20.9 Å². The molecule has 0 bridgehead atoms. The van der Waals surface area contributed by atoms with Crippen molar-refractivity contribution in [2.24, 2.45) is 0 Å². The van der Waals surface area contributed by atoms with Crippen molar-refractivity contribution in [3.63, 3.8) is 0 Å². The van der Waals surface area contributed by atoms with Crippen molar-refractivity contribution in [3.05, 3.63) is 41.3 Å². The summed E-state index contributed by atoms with van der Waals surface area (Å²) >= 11 is 0. The molecule has 10 nitrogen and oxygen atoms in total. The molecule has 1 aliphatic heterocycles. The van der Waals surface area contributed by atoms with Crippen LogP contribution >= 0.6 is 0 Å². The van der Waals surface area contributed by atoms with Gasteiger partial charge in [0.2, 0.25) is 0 Å². The first kappa shape index (κ1) is 21.4. The second-order valence-electron chi connectivity index (χ2n) is 7.04. The van der Waals surface area contributed by atoms with E-state index >= 15 is 0 Å². The molecule has 0 radical (unpaired) electrons. The van der Waals surface area contributed by atoms with Gasteiger partial charge in [0, 0.05) is 46.3 Å². The fourth-order valence-electron chi connectivity index (χ4n) is 3.35. The number of nitrogens with one attached hydrogen (secondary N) is 3. The van der Waals surface area contributed by atoms with Crippen molar-refractivity contribution in [1.29, 1.82) is 0 Å². The Bertz CT molecular complexity index is 879. The van der Waals surface area contributed by atoms with Crippen LogP contribution in [0.5, 0.6) is 0 Å². The SMILES string of the molecule is CCNC(=O)Nc1ccc(CN2CCN(c3ccc(C(=O)NC)nc3C)CC2)nn1. The van der Waals surface area contributed by atoms with Crippen LogP contribution in [0.1, 0.15) is 28.8 Å². The lowest BCUT2D eigenvalue weighted by atomic mass is 10.2. The number of nitrogens with zero attached hydrogens (tertiary/aromatic N) is 5. The van der Waals surface area contributed by atoms with Crippen LogP contribution in [0.25, 0.3) is 0 Å². The largest absolute Gasteiger partial charge is 0.368 e. The van der Waals surface area contributed by atoms with Crippen molar-refractivity contribution in [3.8, 4) is 0 Å². The molecule has 1 saturated heterocycles. The Kier molecular flexibility index (Phi) is 7.12. The molecule has 3 amide bonds. The van der Waals surface area contributed by atoms with Crippen LogP contribution in [-0.4, -0.2) is 71.8 Å². The number of carbonyl (C=O) groups is 2. The molecule has 10 heteroatoms. The van der Waals surface area contributed by atoms with Crippen LogP contribution in [0.4, 0.5) is 16.3 Å². The Balaban J connectivity index is 1.52. The minimum absolute atomic E-state index is 0.178. The lowest BCUT2D eigenvalue weighted by molar-refractivity contribution is 0.0958. The van der Waals surface area contributed by atoms with Crippen LogP contribution in [-0.2, 0) is 6.54 Å². The Hall–Kier alpha value is -3.27. The van der Waals surface area contributed by atoms with Gasteiger partial charge in [0.15, 0.2) is 5.82 Å². The van der Waals surface area contributed by atoms with Crippen molar-refractivity contribution in [2.75, 3.05) is 50.0 Å². The van der Waals surface area contributed by atoms with Gasteiger partial charge in [0.1, 0.15) is 5.69 Å². The molecule has 0 aliphatic carbocycles. The third-order valence-electron chi connectivity index (χ3n) is 4.91. The normalized spacial score (nSPS) is 14.3. The van der Waals surface area contributed by atoms with E-state index in [0.29, 0.717) is 24.6 Å². The summed E-state index contributed by atoms with van der Waals surface area (Å²) in [4.78, 5) is 32.3. The smallest absolute Gasteiger partial charge is 0.320 e. The molecule has 1 fully saturated rings. The van der Waals surface area contributed by atoms with Crippen LogP contribution in [0, 0.1) is 6.92 Å². The maximum Gasteiger partial charge on any atom is 0.320 e. The van der Waals surface area contributed by atoms with Crippen LogP contribution in [0.3, 0.4) is 0 Å². The Morgan fingerprint density at radius 3 is 2.43 bits per heavy atom. The summed E-state index contributed by atoms with van der Waals surface area (Å²) in [5.41, 5.74) is 3.20. The number of urea groups is 1. The predicted molar refractivity (Wildman–Crippen MR) is 115 cm³/mol. The minimum atomic E-state index is -0.288. The summed E-state index contributed by atoms with van der Waals surface area (Å²) < 4.78 is 0. The van der Waals surface area contributed by atoms with Crippen LogP contribution in [0.2, 0.25) is 0 Å². The van der Waals surface area contributed by atoms with Gasteiger partial charge in [-0.25, -0.2) is 9.78 Å². The van der Waals surface area contributed by atoms with Gasteiger partial charge < -0.3 is 15.5 Å². The Morgan fingerprint density at radius 1 is 1.07 bits per heavy atom. The van der Waals surface area contributed by atoms with Crippen molar-refractivity contribution in [2.45, 2.75) is 20.4 Å². The van der Waals surface area contributed by atoms with E-state index in [0.717, 1.165) is 43.3 Å². The second kappa shape index (κ2) is 9.97. The van der Waals surface area contributed by atoms with Crippen molar-refractivity contribution >= 4 is 23.4 Å². The van der Waals surface area contributed by atoms with Crippen molar-refractivity contribution < 1.29 is 9.59 Å². The van der Waals surface area contributed by atoms with Gasteiger partial charge in [-0.3, -0.25) is 15.0 Å². The monoisotopic (exact) mass is 412 g/mol. The standard InChI is InChI=1S/C20H28N8O2/c1-4-22-20(30)24-18-8-5-15(25-26-18)13-27-9-11-28(12-10-27)17-7-6-16(19(29)21-3)23-14(17)2/h5-8H,4,9-13H2,1-3H3,(H,21,29)(H2,22,24,26,30). The summed E-state index contributed by atoms with van der Waals surface area (Å²) in [6, 6.07) is 7.08. The van der Waals surface area contributed by atoms with E-state index < -0.39 is 0 Å². The summed E-state index contributed by atoms with van der Waals surface area (Å²) in [5, 5.41) is 16.2. The first-order valence-corrected chi connectivity index (χ1v) is 10.0. The molecule has 3 N–H and O–H groups in total. The van der Waals surface area contributed by atoms with Gasteiger partial charge in [-0.05, 0) is 38.1 Å². The van der Waals surface area contributed by atoms with E-state index in [4.69, 9.17) is 0 Å². The highest BCUT2D eigenvalue weighted by atomic mass is 16.2. The first-order chi connectivity index (χ1) is 14.5. The number of anilines is 2. The summed E-state index contributed by atoms with van der Waals surface area (Å²) in [5.74, 6) is 0.250. The van der Waals surface area contributed by atoms with Gasteiger partial charge in [-0.1, -0.05) is 0 Å². The maximum atomic E-state index is 11.7. The quantitative estimate of drug-likeness (QED) is 0.648. The average Bonchev–Trinajstić information content (AvgIpc) is 2.75. The zero-order valence-electron chi connectivity index (χ0n) is 17.6. The maximum absolute atomic E-state index is 11.7. The number of hydrogen-bond donors (Lipinski definition) is 3. The van der Waals surface area contributed by atoms with E-state index in [1.54, 1.807) is 19.2 Å². The number of carbonyl (C=O) groups excluding carboxylic acids is 2. The van der Waals surface area contributed by atoms with E-state index in [1.165, 1.54) is 0 Å². The highest BCUT2D eigenvalue weighted by Gasteiger charge is 2.20. The fourth-order valence-corrected chi connectivity index (χ4v) is 3.35. The molecule has 0 aromatic carbocycles. The van der Waals surface area contributed by atoms with E-state index in [-0.39, 0.29) is 11.9 Å². The lowest BCUT2D eigenvalue weighted by Crippen LogP contribution is -2.46. The van der Waals surface area contributed by atoms with Gasteiger partial charge in [0.25, 0.3) is 5.91 Å². The van der Waals surface area contributed by atoms with E-state index in [2.05, 4.69) is 40.9 Å². The van der Waals surface area contributed by atoms with E-state index in [1.807, 2.05) is 26.0 Å². The molecule has 1 aliphatic rings. The number of amides is 3. The topological polar surface area (TPSA) is 115 Å². The molecule has 0 atom stereocenters. The molecular formula is C20H28N8O2. The summed E-state index contributed by atoms with van der Waals surface area (Å²) in [6.07, 6.45) is 0. The molecule has 30 heavy (non-hydrogen) atoms. The van der Waals surface area contributed by atoms with Crippen molar-refractivity contribution in [1.82, 2.24) is 30.7 Å². The Morgan fingerprint density at radius 2 is 1.83 bits per heavy atom. The number of rotatable bonds is 6. The number of aromatic nitrogens is 3. The molecule has 2 aromatic rings. The number of piperazine rings is 1. The minimum Gasteiger partial charge on any atom is -0.368 e. The lowest BCUT2D eigenvalue weighted by Gasteiger charge is -2.36. The van der Waals surface area contributed by atoms with Gasteiger partial charge in [-0.15, -0.1) is 5.10 Å². The number of aryl methyl sites for hydroxylation is 1. The second-order valence-corrected chi connectivity index (χ2v) is 7.04. The molecule has 0 unspecified atom stereocenters. The summed E-state index contributed by atoms with van der Waals surface area (Å²) in [6.45, 7) is 8.55. The Labute approximate surface area is 176 Å². The highest BCUT2D eigenvalue weighted by Crippen LogP contribution is 2.21. The molecule has 160 valence electrons. The summed E-state index contributed by atoms with van der Waals surface area (Å²) in [7, 11) is 1.60. The molecule has 2 aromatic heterocycles. The van der Waals surface area contributed by atoms with E-state index in [9.17, 15) is 9.59 Å². The molecule has 0 spiro atoms. The van der Waals surface area contributed by atoms with Gasteiger partial charge in [0.05, 0.1) is 17.1 Å². The highest BCUT2D eigenvalue weighted by molar-refractivity contribution is 5.92.